The summed E-state index contributed by atoms with van der Waals surface area (Å²) in [5.74, 6) is 0. The second-order valence-corrected chi connectivity index (χ2v) is 1.38. The molecule has 1 nitrogen and oxygen atoms in total. The minimum absolute atomic E-state index is 0. The van der Waals surface area contributed by atoms with Gasteiger partial charge in [0.1, 0.15) is 0 Å². The molecular formula is C4H9NSSc-2. The number of hydrogen-bond donors (Lipinski definition) is 0. The molecule has 0 aromatic carbocycles. The standard InChI is InChI=1S/C4H8N.H2S.Sc/c1-2-4-5-3-1;;/h1-4H2;1H2;/q-1;;/p-1. The molecule has 0 bridgehead atoms. The van der Waals surface area contributed by atoms with E-state index in [1.807, 2.05) is 0 Å². The molecule has 7 heavy (non-hydrogen) atoms. The number of thiol groups is 1. The number of rotatable bonds is 0. The summed E-state index contributed by atoms with van der Waals surface area (Å²) in [6, 6.07) is 0. The summed E-state index contributed by atoms with van der Waals surface area (Å²) < 4.78 is 0. The van der Waals surface area contributed by atoms with Crippen LogP contribution < -0.4 is 0 Å². The second-order valence-electron chi connectivity index (χ2n) is 1.38. The zero-order valence-electron chi connectivity index (χ0n) is 4.30. The Hall–Kier alpha value is 1.18. The molecule has 1 fully saturated rings. The maximum atomic E-state index is 4.08. The Morgan fingerprint density at radius 3 is 1.57 bits per heavy atom. The van der Waals surface area contributed by atoms with Gasteiger partial charge in [0.15, 0.2) is 0 Å². The fraction of sp³-hybridized carbons (Fsp3) is 1.00. The molecule has 0 aromatic rings. The molecule has 1 rings (SSSR count). The van der Waals surface area contributed by atoms with Gasteiger partial charge in [-0.15, -0.1) is 13.1 Å². The van der Waals surface area contributed by atoms with Crippen molar-refractivity contribution in [3.05, 3.63) is 5.32 Å². The van der Waals surface area contributed by atoms with Crippen molar-refractivity contribution in [1.29, 1.82) is 0 Å². The fourth-order valence-corrected chi connectivity index (χ4v) is 0.559. The van der Waals surface area contributed by atoms with Crippen LogP contribution >= 0.6 is 0 Å². The van der Waals surface area contributed by atoms with E-state index in [0.717, 1.165) is 13.1 Å². The largest absolute Gasteiger partial charge is 0.813 e. The van der Waals surface area contributed by atoms with E-state index >= 15 is 0 Å². The summed E-state index contributed by atoms with van der Waals surface area (Å²) in [6.45, 7) is 2.25. The van der Waals surface area contributed by atoms with Gasteiger partial charge in [-0.3, -0.25) is 0 Å². The first-order valence-electron chi connectivity index (χ1n) is 2.13. The van der Waals surface area contributed by atoms with Crippen molar-refractivity contribution in [2.45, 2.75) is 12.8 Å². The normalized spacial score (nSPS) is 17.1. The molecule has 0 spiro atoms. The van der Waals surface area contributed by atoms with E-state index < -0.39 is 0 Å². The van der Waals surface area contributed by atoms with Crippen LogP contribution in [0.1, 0.15) is 12.8 Å². The van der Waals surface area contributed by atoms with Crippen LogP contribution in [0, 0.1) is 0 Å². The summed E-state index contributed by atoms with van der Waals surface area (Å²) in [4.78, 5) is 0. The van der Waals surface area contributed by atoms with Crippen molar-refractivity contribution >= 4 is 13.5 Å². The van der Waals surface area contributed by atoms with Crippen LogP contribution in [0.25, 0.3) is 5.32 Å². The second kappa shape index (κ2) is 7.18. The van der Waals surface area contributed by atoms with Crippen LogP contribution in [0.4, 0.5) is 0 Å². The predicted octanol–water partition coefficient (Wildman–Crippen LogP) is 0.881. The molecule has 0 N–H and O–H groups in total. The maximum Gasteiger partial charge on any atom is 0 e. The van der Waals surface area contributed by atoms with Gasteiger partial charge in [-0.2, -0.15) is 0 Å². The Bertz CT molecular complexity index is 23.3. The molecule has 0 atom stereocenters. The van der Waals surface area contributed by atoms with E-state index in [-0.39, 0.29) is 39.3 Å². The Labute approximate surface area is 70.5 Å². The molecule has 0 aliphatic carbocycles. The minimum Gasteiger partial charge on any atom is -0.813 e. The molecule has 0 aromatic heterocycles. The third-order valence-corrected chi connectivity index (χ3v) is 0.882. The van der Waals surface area contributed by atoms with Gasteiger partial charge in [-0.1, -0.05) is 12.8 Å². The van der Waals surface area contributed by atoms with Gasteiger partial charge in [0.05, 0.1) is 0 Å². The zero-order valence-corrected chi connectivity index (χ0v) is 7.00. The molecule has 0 unspecified atom stereocenters. The van der Waals surface area contributed by atoms with Crippen molar-refractivity contribution in [3.63, 3.8) is 0 Å². The quantitative estimate of drug-likeness (QED) is 0.367. The topological polar surface area (TPSA) is 14.1 Å². The Balaban J connectivity index is 0. The van der Waals surface area contributed by atoms with Crippen molar-refractivity contribution < 1.29 is 25.8 Å². The van der Waals surface area contributed by atoms with Crippen LogP contribution in [0.3, 0.4) is 0 Å². The van der Waals surface area contributed by atoms with Gasteiger partial charge >= 0.3 is 0 Å². The molecule has 1 radical (unpaired) electrons. The molecule has 0 saturated carbocycles. The number of hydrogen-bond acceptors (Lipinski definition) is 1. The summed E-state index contributed by atoms with van der Waals surface area (Å²) in [7, 11) is 0. The Kier molecular flexibility index (Phi) is 11.3. The van der Waals surface area contributed by atoms with Gasteiger partial charge in [-0.05, 0) is 0 Å². The van der Waals surface area contributed by atoms with E-state index in [2.05, 4.69) is 5.32 Å². The van der Waals surface area contributed by atoms with E-state index in [4.69, 9.17) is 0 Å². The van der Waals surface area contributed by atoms with Crippen molar-refractivity contribution in [2.75, 3.05) is 13.1 Å². The molecule has 1 saturated heterocycles. The fourth-order valence-electron chi connectivity index (χ4n) is 0.559. The van der Waals surface area contributed by atoms with Gasteiger partial charge in [0.2, 0.25) is 0 Å². The van der Waals surface area contributed by atoms with Crippen LogP contribution in [0.5, 0.6) is 0 Å². The Morgan fingerprint density at radius 1 is 1.00 bits per heavy atom. The average Bonchev–Trinajstić information content (AvgIpc) is 1.76. The predicted molar refractivity (Wildman–Crippen MR) is 31.1 cm³/mol. The summed E-state index contributed by atoms with van der Waals surface area (Å²) in [6.07, 6.45) is 2.67. The average molecular weight is 148 g/mol. The van der Waals surface area contributed by atoms with Crippen molar-refractivity contribution in [2.24, 2.45) is 0 Å². The SMILES string of the molecule is C1CC[N-]C1.[SH-].[Sc]. The third kappa shape index (κ3) is 5.04. The first-order valence-corrected chi connectivity index (χ1v) is 2.13. The summed E-state index contributed by atoms with van der Waals surface area (Å²) >= 11 is 0. The molecule has 3 heteroatoms. The van der Waals surface area contributed by atoms with Crippen LogP contribution in [0.15, 0.2) is 0 Å². The van der Waals surface area contributed by atoms with Crippen LogP contribution in [-0.4, -0.2) is 13.1 Å². The molecule has 1 heterocycles. The monoisotopic (exact) mass is 148 g/mol. The van der Waals surface area contributed by atoms with E-state index in [0.29, 0.717) is 0 Å². The molecule has 0 amide bonds. The zero-order chi connectivity index (χ0) is 3.54. The van der Waals surface area contributed by atoms with E-state index in [1.165, 1.54) is 12.8 Å². The number of nitrogens with zero attached hydrogens (tertiary/aromatic N) is 1. The summed E-state index contributed by atoms with van der Waals surface area (Å²) in [5, 5.41) is 4.08. The maximum absolute atomic E-state index is 4.08. The smallest absolute Gasteiger partial charge is 0 e. The molecule has 1 aliphatic heterocycles. The summed E-state index contributed by atoms with van der Waals surface area (Å²) in [5.41, 5.74) is 0. The molecule has 41 valence electrons. The first-order chi connectivity index (χ1) is 2.50. The third-order valence-electron chi connectivity index (χ3n) is 0.882. The van der Waals surface area contributed by atoms with Gasteiger partial charge in [0, 0.05) is 25.8 Å². The van der Waals surface area contributed by atoms with Gasteiger partial charge in [-0.25, -0.2) is 0 Å². The molecular weight excluding hydrogens is 139 g/mol. The minimum atomic E-state index is 0. The van der Waals surface area contributed by atoms with Crippen LogP contribution in [-0.2, 0) is 39.3 Å². The Morgan fingerprint density at radius 2 is 1.43 bits per heavy atom. The van der Waals surface area contributed by atoms with E-state index in [1.54, 1.807) is 0 Å². The first kappa shape index (κ1) is 11.0. The van der Waals surface area contributed by atoms with Gasteiger partial charge in [0.25, 0.3) is 0 Å². The van der Waals surface area contributed by atoms with Crippen LogP contribution in [0.2, 0.25) is 0 Å². The van der Waals surface area contributed by atoms with Crippen molar-refractivity contribution in [3.8, 4) is 0 Å². The van der Waals surface area contributed by atoms with Crippen molar-refractivity contribution in [1.82, 2.24) is 0 Å². The van der Waals surface area contributed by atoms with E-state index in [9.17, 15) is 0 Å². The van der Waals surface area contributed by atoms with Gasteiger partial charge < -0.3 is 18.8 Å². The molecule has 1 aliphatic rings.